The van der Waals surface area contributed by atoms with Gasteiger partial charge in [0.15, 0.2) is 0 Å². The molecule has 2 nitrogen and oxygen atoms in total. The van der Waals surface area contributed by atoms with Crippen LogP contribution in [0.5, 0.6) is 0 Å². The molecule has 0 aromatic heterocycles. The molecule has 84 valence electrons. The Labute approximate surface area is 101 Å². The van der Waals surface area contributed by atoms with Crippen LogP contribution in [0.4, 0.5) is 5.69 Å². The molecule has 0 saturated carbocycles. The van der Waals surface area contributed by atoms with Gasteiger partial charge in [-0.25, -0.2) is 0 Å². The monoisotopic (exact) mass is 232 g/mol. The molecule has 1 unspecified atom stereocenters. The first-order valence-corrected chi connectivity index (χ1v) is 6.43. The number of anilines is 1. The first kappa shape index (κ1) is 11.3. The van der Waals surface area contributed by atoms with Crippen LogP contribution >= 0.6 is 11.8 Å². The van der Waals surface area contributed by atoms with Gasteiger partial charge >= 0.3 is 0 Å². The summed E-state index contributed by atoms with van der Waals surface area (Å²) < 4.78 is 0. The Hall–Kier alpha value is -1.14. The zero-order chi connectivity index (χ0) is 11.8. The van der Waals surface area contributed by atoms with Gasteiger partial charge in [0, 0.05) is 16.3 Å². The summed E-state index contributed by atoms with van der Waals surface area (Å²) in [4.78, 5) is 1.26. The zero-order valence-corrected chi connectivity index (χ0v) is 10.7. The maximum absolute atomic E-state index is 8.87. The molecule has 0 saturated heterocycles. The molecule has 1 aliphatic rings. The lowest BCUT2D eigenvalue weighted by Gasteiger charge is -2.25. The van der Waals surface area contributed by atoms with Gasteiger partial charge in [-0.05, 0) is 23.1 Å². The number of hydrogen-bond donors (Lipinski definition) is 1. The summed E-state index contributed by atoms with van der Waals surface area (Å²) in [5.74, 6) is 0.830. The van der Waals surface area contributed by atoms with Crippen LogP contribution in [0.1, 0.15) is 26.3 Å². The highest BCUT2D eigenvalue weighted by Crippen LogP contribution is 2.36. The van der Waals surface area contributed by atoms with Crippen LogP contribution in [0.3, 0.4) is 0 Å². The van der Waals surface area contributed by atoms with Gasteiger partial charge in [-0.1, -0.05) is 26.8 Å². The van der Waals surface area contributed by atoms with Gasteiger partial charge in [0.2, 0.25) is 0 Å². The molecule has 0 spiro atoms. The van der Waals surface area contributed by atoms with Gasteiger partial charge < -0.3 is 5.32 Å². The second-order valence-electron chi connectivity index (χ2n) is 5.10. The fraction of sp³-hybridized carbons (Fsp3) is 0.462. The standard InChI is InChI=1S/C13H16N2S/c1-13(2,3)9-4-5-11-12(6-9)16-8-10(7-14)15-11/h4-6,10,15H,8H2,1-3H3. The molecule has 1 N–H and O–H groups in total. The number of nitrogens with zero attached hydrogens (tertiary/aromatic N) is 1. The molecule has 0 fully saturated rings. The normalized spacial score (nSPS) is 19.5. The highest BCUT2D eigenvalue weighted by Gasteiger charge is 2.20. The SMILES string of the molecule is CC(C)(C)c1ccc2c(c1)SCC(C#N)N2. The number of benzene rings is 1. The lowest BCUT2D eigenvalue weighted by Crippen LogP contribution is -2.24. The van der Waals surface area contributed by atoms with E-state index in [1.807, 2.05) is 0 Å². The maximum Gasteiger partial charge on any atom is 0.124 e. The summed E-state index contributed by atoms with van der Waals surface area (Å²) in [7, 11) is 0. The van der Waals surface area contributed by atoms with Crippen molar-refractivity contribution in [2.45, 2.75) is 37.1 Å². The van der Waals surface area contributed by atoms with Crippen LogP contribution < -0.4 is 5.32 Å². The average Bonchev–Trinajstić information content (AvgIpc) is 2.26. The zero-order valence-electron chi connectivity index (χ0n) is 9.87. The van der Waals surface area contributed by atoms with E-state index in [0.29, 0.717) is 0 Å². The van der Waals surface area contributed by atoms with Gasteiger partial charge in [0.05, 0.1) is 6.07 Å². The van der Waals surface area contributed by atoms with Crippen molar-refractivity contribution in [2.24, 2.45) is 0 Å². The Balaban J connectivity index is 2.33. The van der Waals surface area contributed by atoms with E-state index >= 15 is 0 Å². The van der Waals surface area contributed by atoms with Crippen LogP contribution in [-0.4, -0.2) is 11.8 Å². The topological polar surface area (TPSA) is 35.8 Å². The van der Waals surface area contributed by atoms with Gasteiger partial charge in [-0.15, -0.1) is 11.8 Å². The number of thioether (sulfide) groups is 1. The fourth-order valence-corrected chi connectivity index (χ4v) is 2.70. The molecule has 1 heterocycles. The van der Waals surface area contributed by atoms with E-state index in [4.69, 9.17) is 5.26 Å². The Morgan fingerprint density at radius 2 is 2.19 bits per heavy atom. The van der Waals surface area contributed by atoms with E-state index in [1.54, 1.807) is 11.8 Å². The van der Waals surface area contributed by atoms with Crippen LogP contribution in [-0.2, 0) is 5.41 Å². The van der Waals surface area contributed by atoms with E-state index in [0.717, 1.165) is 11.4 Å². The predicted molar refractivity (Wildman–Crippen MR) is 68.9 cm³/mol. The minimum absolute atomic E-state index is 0.0574. The lowest BCUT2D eigenvalue weighted by atomic mass is 9.87. The second kappa shape index (κ2) is 4.03. The lowest BCUT2D eigenvalue weighted by molar-refractivity contribution is 0.588. The number of rotatable bonds is 0. The van der Waals surface area contributed by atoms with E-state index in [2.05, 4.69) is 50.4 Å². The van der Waals surface area contributed by atoms with Gasteiger partial charge in [-0.3, -0.25) is 0 Å². The van der Waals surface area contributed by atoms with Crippen molar-refractivity contribution in [3.05, 3.63) is 23.8 Å². The van der Waals surface area contributed by atoms with Crippen LogP contribution in [0.2, 0.25) is 0 Å². The van der Waals surface area contributed by atoms with E-state index in [9.17, 15) is 0 Å². The van der Waals surface area contributed by atoms with Crippen LogP contribution in [0.25, 0.3) is 0 Å². The molecule has 1 aliphatic heterocycles. The van der Waals surface area contributed by atoms with Crippen molar-refractivity contribution >= 4 is 17.4 Å². The number of nitriles is 1. The second-order valence-corrected chi connectivity index (χ2v) is 6.16. The Morgan fingerprint density at radius 1 is 1.44 bits per heavy atom. The molecule has 16 heavy (non-hydrogen) atoms. The largest absolute Gasteiger partial charge is 0.368 e. The van der Waals surface area contributed by atoms with Crippen molar-refractivity contribution < 1.29 is 0 Å². The minimum atomic E-state index is -0.0574. The van der Waals surface area contributed by atoms with Gasteiger partial charge in [0.25, 0.3) is 0 Å². The van der Waals surface area contributed by atoms with Crippen LogP contribution in [0, 0.1) is 11.3 Å². The summed E-state index contributed by atoms with van der Waals surface area (Å²) in [5.41, 5.74) is 2.62. The van der Waals surface area contributed by atoms with Crippen molar-refractivity contribution in [3.63, 3.8) is 0 Å². The minimum Gasteiger partial charge on any atom is -0.368 e. The van der Waals surface area contributed by atoms with Crippen molar-refractivity contribution in [2.75, 3.05) is 11.1 Å². The molecule has 0 radical (unpaired) electrons. The maximum atomic E-state index is 8.87. The molecule has 0 aliphatic carbocycles. The molecular weight excluding hydrogens is 216 g/mol. The summed E-state index contributed by atoms with van der Waals surface area (Å²) >= 11 is 1.77. The first-order valence-electron chi connectivity index (χ1n) is 5.44. The molecule has 1 aromatic carbocycles. The summed E-state index contributed by atoms with van der Waals surface area (Å²) in [6.45, 7) is 6.65. The predicted octanol–water partition coefficient (Wildman–Crippen LogP) is 3.39. The summed E-state index contributed by atoms with van der Waals surface area (Å²) in [6, 6.07) is 8.67. The highest BCUT2D eigenvalue weighted by atomic mass is 32.2. The fourth-order valence-electron chi connectivity index (χ4n) is 1.70. The number of fused-ring (bicyclic) bond motifs is 1. The molecule has 2 rings (SSSR count). The Bertz CT molecular complexity index is 440. The highest BCUT2D eigenvalue weighted by molar-refractivity contribution is 7.99. The smallest absolute Gasteiger partial charge is 0.124 e. The van der Waals surface area contributed by atoms with Crippen molar-refractivity contribution in [3.8, 4) is 6.07 Å². The van der Waals surface area contributed by atoms with E-state index in [1.165, 1.54) is 10.5 Å². The average molecular weight is 232 g/mol. The molecular formula is C13H16N2S. The molecule has 1 atom stereocenters. The number of nitrogens with one attached hydrogen (secondary N) is 1. The third-order valence-corrected chi connectivity index (χ3v) is 3.89. The van der Waals surface area contributed by atoms with Gasteiger partial charge in [-0.2, -0.15) is 5.26 Å². The van der Waals surface area contributed by atoms with Crippen LogP contribution in [0.15, 0.2) is 23.1 Å². The van der Waals surface area contributed by atoms with E-state index in [-0.39, 0.29) is 11.5 Å². The van der Waals surface area contributed by atoms with E-state index < -0.39 is 0 Å². The Morgan fingerprint density at radius 3 is 2.81 bits per heavy atom. The third kappa shape index (κ3) is 2.17. The van der Waals surface area contributed by atoms with Crippen molar-refractivity contribution in [1.29, 1.82) is 5.26 Å². The number of hydrogen-bond acceptors (Lipinski definition) is 3. The summed E-state index contributed by atoms with van der Waals surface area (Å²) in [6.07, 6.45) is 0. The quantitative estimate of drug-likeness (QED) is 0.744. The summed E-state index contributed by atoms with van der Waals surface area (Å²) in [5, 5.41) is 12.1. The molecule has 1 aromatic rings. The van der Waals surface area contributed by atoms with Crippen molar-refractivity contribution in [1.82, 2.24) is 0 Å². The molecule has 0 amide bonds. The van der Waals surface area contributed by atoms with Gasteiger partial charge in [0.1, 0.15) is 6.04 Å². The third-order valence-electron chi connectivity index (χ3n) is 2.74. The molecule has 3 heteroatoms. The molecule has 0 bridgehead atoms. The first-order chi connectivity index (χ1) is 7.50. The Kier molecular flexibility index (Phi) is 2.86.